The molecule has 0 bridgehead atoms. The van der Waals surface area contributed by atoms with Crippen molar-refractivity contribution >= 4 is 17.4 Å². The van der Waals surface area contributed by atoms with Crippen molar-refractivity contribution in [2.75, 3.05) is 18.0 Å². The molecule has 1 amide bonds. The zero-order chi connectivity index (χ0) is 17.5. The standard InChI is InChI=1S/C19H26N4O/c1-5-23(16-8-6-7-15(4)11-16)18-13-21-17(12-22-18)19(24)20-10-9-14(2)3/h6-8,11-14H,5,9-10H2,1-4H3,(H,20,24). The van der Waals surface area contributed by atoms with E-state index in [2.05, 4.69) is 60.0 Å². The summed E-state index contributed by atoms with van der Waals surface area (Å²) >= 11 is 0. The summed E-state index contributed by atoms with van der Waals surface area (Å²) in [5, 5.41) is 2.88. The Balaban J connectivity index is 2.08. The predicted molar refractivity (Wildman–Crippen MR) is 97.7 cm³/mol. The van der Waals surface area contributed by atoms with Gasteiger partial charge in [0.25, 0.3) is 5.91 Å². The molecule has 5 heteroatoms. The second-order valence-electron chi connectivity index (χ2n) is 6.28. The molecule has 1 N–H and O–H groups in total. The first-order chi connectivity index (χ1) is 11.5. The van der Waals surface area contributed by atoms with Gasteiger partial charge in [0.1, 0.15) is 5.69 Å². The van der Waals surface area contributed by atoms with Crippen molar-refractivity contribution in [3.8, 4) is 0 Å². The van der Waals surface area contributed by atoms with E-state index in [1.54, 1.807) is 12.4 Å². The highest BCUT2D eigenvalue weighted by Crippen LogP contribution is 2.23. The average Bonchev–Trinajstić information content (AvgIpc) is 2.56. The Morgan fingerprint density at radius 3 is 2.62 bits per heavy atom. The first-order valence-electron chi connectivity index (χ1n) is 8.45. The van der Waals surface area contributed by atoms with Crippen LogP contribution in [0.1, 0.15) is 43.2 Å². The van der Waals surface area contributed by atoms with E-state index in [0.717, 1.165) is 24.5 Å². The monoisotopic (exact) mass is 326 g/mol. The normalized spacial score (nSPS) is 10.7. The van der Waals surface area contributed by atoms with Crippen molar-refractivity contribution in [2.24, 2.45) is 5.92 Å². The van der Waals surface area contributed by atoms with Gasteiger partial charge in [0.2, 0.25) is 0 Å². The van der Waals surface area contributed by atoms with Crippen LogP contribution in [0, 0.1) is 12.8 Å². The number of hydrogen-bond acceptors (Lipinski definition) is 4. The predicted octanol–water partition coefficient (Wildman–Crippen LogP) is 3.72. The number of rotatable bonds is 7. The summed E-state index contributed by atoms with van der Waals surface area (Å²) in [6.07, 6.45) is 4.15. The number of nitrogens with zero attached hydrogens (tertiary/aromatic N) is 3. The Bertz CT molecular complexity index is 667. The lowest BCUT2D eigenvalue weighted by Gasteiger charge is -2.22. The Morgan fingerprint density at radius 2 is 2.04 bits per heavy atom. The van der Waals surface area contributed by atoms with Crippen molar-refractivity contribution in [1.82, 2.24) is 15.3 Å². The van der Waals surface area contributed by atoms with Crippen LogP contribution >= 0.6 is 0 Å². The van der Waals surface area contributed by atoms with E-state index >= 15 is 0 Å². The third-order valence-corrected chi connectivity index (χ3v) is 3.78. The molecule has 2 aromatic rings. The van der Waals surface area contributed by atoms with Crippen molar-refractivity contribution in [3.63, 3.8) is 0 Å². The molecule has 128 valence electrons. The Morgan fingerprint density at radius 1 is 1.25 bits per heavy atom. The summed E-state index contributed by atoms with van der Waals surface area (Å²) in [5.74, 6) is 1.13. The van der Waals surface area contributed by atoms with Crippen LogP contribution in [0.25, 0.3) is 0 Å². The van der Waals surface area contributed by atoms with E-state index in [0.29, 0.717) is 18.2 Å². The van der Waals surface area contributed by atoms with Crippen molar-refractivity contribution < 1.29 is 4.79 Å². The second-order valence-corrected chi connectivity index (χ2v) is 6.28. The topological polar surface area (TPSA) is 58.1 Å². The molecular weight excluding hydrogens is 300 g/mol. The van der Waals surface area contributed by atoms with E-state index in [4.69, 9.17) is 0 Å². The zero-order valence-electron chi connectivity index (χ0n) is 14.9. The molecule has 0 spiro atoms. The van der Waals surface area contributed by atoms with Gasteiger partial charge >= 0.3 is 0 Å². The van der Waals surface area contributed by atoms with Gasteiger partial charge in [-0.1, -0.05) is 26.0 Å². The van der Waals surface area contributed by atoms with Gasteiger partial charge in [-0.25, -0.2) is 9.97 Å². The highest BCUT2D eigenvalue weighted by Gasteiger charge is 2.12. The van der Waals surface area contributed by atoms with E-state index in [9.17, 15) is 4.79 Å². The van der Waals surface area contributed by atoms with Gasteiger partial charge in [0.05, 0.1) is 12.4 Å². The average molecular weight is 326 g/mol. The molecule has 0 fully saturated rings. The van der Waals surface area contributed by atoms with Crippen LogP contribution < -0.4 is 10.2 Å². The van der Waals surface area contributed by atoms with Crippen molar-refractivity contribution in [3.05, 3.63) is 47.9 Å². The number of carbonyl (C=O) groups is 1. The summed E-state index contributed by atoms with van der Waals surface area (Å²) in [6, 6.07) is 8.24. The minimum absolute atomic E-state index is 0.173. The molecule has 0 aliphatic heterocycles. The SMILES string of the molecule is CCN(c1cccc(C)c1)c1cnc(C(=O)NCCC(C)C)cn1. The van der Waals surface area contributed by atoms with Gasteiger partial charge in [-0.3, -0.25) is 4.79 Å². The quantitative estimate of drug-likeness (QED) is 0.842. The molecule has 0 saturated carbocycles. The summed E-state index contributed by atoms with van der Waals surface area (Å²) in [4.78, 5) is 22.8. The fourth-order valence-corrected chi connectivity index (χ4v) is 2.42. The maximum absolute atomic E-state index is 12.1. The highest BCUT2D eigenvalue weighted by atomic mass is 16.1. The number of benzene rings is 1. The van der Waals surface area contributed by atoms with E-state index in [-0.39, 0.29) is 5.91 Å². The third kappa shape index (κ3) is 4.78. The number of nitrogens with one attached hydrogen (secondary N) is 1. The molecular formula is C19H26N4O. The second kappa shape index (κ2) is 8.43. The summed E-state index contributed by atoms with van der Waals surface area (Å²) in [7, 11) is 0. The fraction of sp³-hybridized carbons (Fsp3) is 0.421. The van der Waals surface area contributed by atoms with Crippen LogP contribution in [0.15, 0.2) is 36.7 Å². The van der Waals surface area contributed by atoms with Crippen LogP contribution in [0.3, 0.4) is 0 Å². The number of carbonyl (C=O) groups excluding carboxylic acids is 1. The molecule has 1 heterocycles. The van der Waals surface area contributed by atoms with Crippen molar-refractivity contribution in [1.29, 1.82) is 0 Å². The van der Waals surface area contributed by atoms with Crippen LogP contribution in [0.4, 0.5) is 11.5 Å². The fourth-order valence-electron chi connectivity index (χ4n) is 2.42. The molecule has 0 atom stereocenters. The summed E-state index contributed by atoms with van der Waals surface area (Å²) < 4.78 is 0. The van der Waals surface area contributed by atoms with Crippen LogP contribution in [-0.2, 0) is 0 Å². The van der Waals surface area contributed by atoms with E-state index in [1.807, 2.05) is 12.1 Å². The van der Waals surface area contributed by atoms with Crippen LogP contribution in [0.5, 0.6) is 0 Å². The number of aryl methyl sites for hydroxylation is 1. The van der Waals surface area contributed by atoms with Gasteiger partial charge < -0.3 is 10.2 Å². The third-order valence-electron chi connectivity index (χ3n) is 3.78. The molecule has 5 nitrogen and oxygen atoms in total. The summed E-state index contributed by atoms with van der Waals surface area (Å²) in [6.45, 7) is 9.82. The molecule has 0 radical (unpaired) electrons. The lowest BCUT2D eigenvalue weighted by molar-refractivity contribution is 0.0946. The number of amides is 1. The Hall–Kier alpha value is -2.43. The molecule has 0 saturated heterocycles. The maximum Gasteiger partial charge on any atom is 0.271 e. The molecule has 1 aromatic heterocycles. The highest BCUT2D eigenvalue weighted by molar-refractivity contribution is 5.92. The zero-order valence-corrected chi connectivity index (χ0v) is 14.9. The van der Waals surface area contributed by atoms with Crippen LogP contribution in [0.2, 0.25) is 0 Å². The molecule has 0 aliphatic rings. The minimum atomic E-state index is -0.173. The number of anilines is 2. The largest absolute Gasteiger partial charge is 0.351 e. The lowest BCUT2D eigenvalue weighted by atomic mass is 10.1. The van der Waals surface area contributed by atoms with E-state index < -0.39 is 0 Å². The smallest absolute Gasteiger partial charge is 0.271 e. The summed E-state index contributed by atoms with van der Waals surface area (Å²) in [5.41, 5.74) is 2.61. The molecule has 0 unspecified atom stereocenters. The minimum Gasteiger partial charge on any atom is -0.351 e. The molecule has 1 aromatic carbocycles. The van der Waals surface area contributed by atoms with Gasteiger partial charge in [-0.2, -0.15) is 0 Å². The van der Waals surface area contributed by atoms with Crippen molar-refractivity contribution in [2.45, 2.75) is 34.1 Å². The first kappa shape index (κ1) is 17.9. The van der Waals surface area contributed by atoms with Crippen LogP contribution in [-0.4, -0.2) is 29.0 Å². The van der Waals surface area contributed by atoms with E-state index in [1.165, 1.54) is 5.56 Å². The molecule has 2 rings (SSSR count). The van der Waals surface area contributed by atoms with Gasteiger partial charge in [-0.05, 0) is 43.9 Å². The maximum atomic E-state index is 12.1. The number of hydrogen-bond donors (Lipinski definition) is 1. The lowest BCUT2D eigenvalue weighted by Crippen LogP contribution is -2.26. The van der Waals surface area contributed by atoms with Gasteiger partial charge in [0.15, 0.2) is 5.82 Å². The van der Waals surface area contributed by atoms with Gasteiger partial charge in [-0.15, -0.1) is 0 Å². The Kier molecular flexibility index (Phi) is 6.29. The Labute approximate surface area is 144 Å². The first-order valence-corrected chi connectivity index (χ1v) is 8.45. The molecule has 24 heavy (non-hydrogen) atoms. The van der Waals surface area contributed by atoms with Gasteiger partial charge in [0, 0.05) is 18.8 Å². The molecule has 0 aliphatic carbocycles. The number of aromatic nitrogens is 2.